The van der Waals surface area contributed by atoms with E-state index in [0.717, 1.165) is 12.1 Å². The van der Waals surface area contributed by atoms with Gasteiger partial charge in [-0.05, 0) is 36.8 Å². The first-order valence-electron chi connectivity index (χ1n) is 9.05. The number of amides is 1. The molecule has 0 bridgehead atoms. The summed E-state index contributed by atoms with van der Waals surface area (Å²) in [5.41, 5.74) is -0.679. The second-order valence-electron chi connectivity index (χ2n) is 7.29. The predicted molar refractivity (Wildman–Crippen MR) is 105 cm³/mol. The number of aliphatic hydroxyl groups is 2. The molecule has 0 aromatic heterocycles. The topological polar surface area (TPSA) is 76.0 Å². The van der Waals surface area contributed by atoms with Gasteiger partial charge in [0.25, 0.3) is 0 Å². The Hall–Kier alpha value is -2.17. The average Bonchev–Trinajstić information content (AvgIpc) is 3.01. The van der Waals surface area contributed by atoms with Crippen molar-refractivity contribution in [2.24, 2.45) is 5.92 Å². The van der Waals surface area contributed by atoms with E-state index < -0.39 is 41.9 Å². The lowest BCUT2D eigenvalue weighted by Crippen LogP contribution is -2.61. The van der Waals surface area contributed by atoms with Gasteiger partial charge < -0.3 is 25.3 Å². The van der Waals surface area contributed by atoms with Crippen LogP contribution in [0.15, 0.2) is 36.9 Å². The van der Waals surface area contributed by atoms with Crippen LogP contribution in [-0.2, 0) is 11.0 Å². The summed E-state index contributed by atoms with van der Waals surface area (Å²) in [4.78, 5) is 15.9. The highest BCUT2D eigenvalue weighted by atomic mass is 32.1. The molecule has 0 radical (unpaired) electrons. The number of hydrogen-bond acceptors (Lipinski definition) is 4. The van der Waals surface area contributed by atoms with Gasteiger partial charge in [0.2, 0.25) is 5.91 Å². The van der Waals surface area contributed by atoms with E-state index in [-0.39, 0.29) is 29.7 Å². The molecule has 29 heavy (non-hydrogen) atoms. The largest absolute Gasteiger partial charge is 0.416 e. The van der Waals surface area contributed by atoms with Crippen molar-refractivity contribution in [1.82, 2.24) is 10.2 Å². The summed E-state index contributed by atoms with van der Waals surface area (Å²) < 4.78 is 39.6. The molecule has 5 atom stereocenters. The Morgan fingerprint density at radius 1 is 1.45 bits per heavy atom. The number of halogens is 3. The van der Waals surface area contributed by atoms with E-state index in [1.807, 2.05) is 0 Å². The minimum absolute atomic E-state index is 0.0393. The monoisotopic (exact) mass is 429 g/mol. The zero-order chi connectivity index (χ0) is 21.5. The Balaban J connectivity index is 2.03. The Bertz CT molecular complexity index is 819. The van der Waals surface area contributed by atoms with Crippen molar-refractivity contribution in [3.63, 3.8) is 0 Å². The molecular weight excluding hydrogens is 407 g/mol. The maximum atomic E-state index is 13.2. The first kappa shape index (κ1) is 21.5. The van der Waals surface area contributed by atoms with Crippen LogP contribution in [-0.4, -0.2) is 64.0 Å². The molecule has 1 aliphatic heterocycles. The lowest BCUT2D eigenvalue weighted by Gasteiger charge is -2.42. The fourth-order valence-electron chi connectivity index (χ4n) is 4.02. The van der Waals surface area contributed by atoms with E-state index in [2.05, 4.69) is 11.9 Å². The van der Waals surface area contributed by atoms with E-state index in [4.69, 9.17) is 12.2 Å². The summed E-state index contributed by atoms with van der Waals surface area (Å²) in [5.74, 6) is -1.10. The number of benzene rings is 1. The second-order valence-corrected chi connectivity index (χ2v) is 7.68. The van der Waals surface area contributed by atoms with Crippen LogP contribution in [0.4, 0.5) is 18.9 Å². The molecule has 158 valence electrons. The number of nitrogens with zero attached hydrogens (tertiary/aromatic N) is 2. The summed E-state index contributed by atoms with van der Waals surface area (Å²) in [6.45, 7) is 3.87. The van der Waals surface area contributed by atoms with Crippen LogP contribution < -0.4 is 10.2 Å². The molecule has 1 aromatic rings. The molecule has 1 saturated carbocycles. The number of likely N-dealkylation sites (N-methyl/N-ethyl adjacent to an activating group) is 1. The van der Waals surface area contributed by atoms with Gasteiger partial charge in [-0.3, -0.25) is 4.79 Å². The fourth-order valence-corrected chi connectivity index (χ4v) is 4.39. The van der Waals surface area contributed by atoms with Crippen molar-refractivity contribution in [3.05, 3.63) is 42.5 Å². The van der Waals surface area contributed by atoms with Gasteiger partial charge in [0, 0.05) is 19.3 Å². The van der Waals surface area contributed by atoms with Crippen LogP contribution in [0.5, 0.6) is 0 Å². The molecule has 0 unspecified atom stereocenters. The normalized spacial score (nSPS) is 29.2. The van der Waals surface area contributed by atoms with Crippen molar-refractivity contribution in [3.8, 4) is 0 Å². The quantitative estimate of drug-likeness (QED) is 0.498. The predicted octanol–water partition coefficient (Wildman–Crippen LogP) is 1.52. The van der Waals surface area contributed by atoms with Gasteiger partial charge in [-0.1, -0.05) is 12.1 Å². The smallest absolute Gasteiger partial charge is 0.390 e. The first-order valence-corrected chi connectivity index (χ1v) is 9.46. The molecule has 1 aromatic carbocycles. The van der Waals surface area contributed by atoms with Crippen LogP contribution in [0, 0.1) is 5.92 Å². The molecule has 2 aliphatic rings. The highest BCUT2D eigenvalue weighted by Crippen LogP contribution is 2.39. The number of carbonyl (C=O) groups is 1. The fraction of sp³-hybridized carbons (Fsp3) is 0.474. The molecule has 1 amide bonds. The van der Waals surface area contributed by atoms with Gasteiger partial charge in [-0.25, -0.2) is 0 Å². The number of nitrogens with one attached hydrogen (secondary N) is 1. The van der Waals surface area contributed by atoms with E-state index in [1.165, 1.54) is 21.9 Å². The summed E-state index contributed by atoms with van der Waals surface area (Å²) in [6.07, 6.45) is -5.42. The Labute approximate surface area is 171 Å². The molecular formula is C19H22F3N3O3S. The van der Waals surface area contributed by atoms with Crippen molar-refractivity contribution < 1.29 is 28.2 Å². The SMILES string of the molecule is C=CCN(C)C(=O)[C@@H]1C[C@@H](O)[C@H](O)[C@@H]2NC(=S)N(c3cccc(C(F)(F)F)c3)[C@@H]21. The number of thiocarbonyl (C=S) groups is 1. The van der Waals surface area contributed by atoms with Crippen molar-refractivity contribution in [2.45, 2.75) is 36.9 Å². The molecule has 2 fully saturated rings. The Morgan fingerprint density at radius 2 is 2.14 bits per heavy atom. The third kappa shape index (κ3) is 3.96. The maximum absolute atomic E-state index is 13.2. The molecule has 0 spiro atoms. The number of fused-ring (bicyclic) bond motifs is 1. The molecule has 1 aliphatic carbocycles. The number of rotatable bonds is 4. The third-order valence-corrected chi connectivity index (χ3v) is 5.71. The van der Waals surface area contributed by atoms with Gasteiger partial charge in [0.1, 0.15) is 6.10 Å². The zero-order valence-corrected chi connectivity index (χ0v) is 16.5. The highest BCUT2D eigenvalue weighted by molar-refractivity contribution is 7.80. The number of carbonyl (C=O) groups excluding carboxylic acids is 1. The third-order valence-electron chi connectivity index (χ3n) is 5.39. The Kier molecular flexibility index (Phi) is 5.88. The number of hydrogen-bond donors (Lipinski definition) is 3. The second kappa shape index (κ2) is 7.92. The van der Waals surface area contributed by atoms with E-state index in [9.17, 15) is 28.2 Å². The van der Waals surface area contributed by atoms with Gasteiger partial charge in [0.15, 0.2) is 5.11 Å². The molecule has 1 heterocycles. The number of anilines is 1. The van der Waals surface area contributed by atoms with Crippen molar-refractivity contribution >= 4 is 28.9 Å². The van der Waals surface area contributed by atoms with E-state index >= 15 is 0 Å². The number of aliphatic hydroxyl groups excluding tert-OH is 2. The van der Waals surface area contributed by atoms with Crippen LogP contribution in [0.1, 0.15) is 12.0 Å². The molecule has 6 nitrogen and oxygen atoms in total. The van der Waals surface area contributed by atoms with Crippen LogP contribution >= 0.6 is 12.2 Å². The summed E-state index contributed by atoms with van der Waals surface area (Å²) in [7, 11) is 1.58. The minimum Gasteiger partial charge on any atom is -0.390 e. The first-order chi connectivity index (χ1) is 13.6. The van der Waals surface area contributed by atoms with E-state index in [1.54, 1.807) is 13.1 Å². The van der Waals surface area contributed by atoms with Gasteiger partial charge in [-0.15, -0.1) is 6.58 Å². The number of alkyl halides is 3. The van der Waals surface area contributed by atoms with Gasteiger partial charge in [0.05, 0.1) is 29.7 Å². The van der Waals surface area contributed by atoms with Gasteiger partial charge in [-0.2, -0.15) is 13.2 Å². The average molecular weight is 429 g/mol. The van der Waals surface area contributed by atoms with Gasteiger partial charge >= 0.3 is 6.18 Å². The molecule has 1 saturated heterocycles. The summed E-state index contributed by atoms with van der Waals surface area (Å²) in [6, 6.07) is 3.10. The Morgan fingerprint density at radius 3 is 2.76 bits per heavy atom. The van der Waals surface area contributed by atoms with Crippen LogP contribution in [0.2, 0.25) is 0 Å². The van der Waals surface area contributed by atoms with E-state index in [0.29, 0.717) is 0 Å². The molecule has 3 rings (SSSR count). The lowest BCUT2D eigenvalue weighted by atomic mass is 9.77. The molecule has 3 N–H and O–H groups in total. The van der Waals surface area contributed by atoms with Crippen LogP contribution in [0.25, 0.3) is 0 Å². The zero-order valence-electron chi connectivity index (χ0n) is 15.6. The maximum Gasteiger partial charge on any atom is 0.416 e. The van der Waals surface area contributed by atoms with Crippen molar-refractivity contribution in [1.29, 1.82) is 0 Å². The minimum atomic E-state index is -4.54. The summed E-state index contributed by atoms with van der Waals surface area (Å²) in [5, 5.41) is 23.7. The standard InChI is InChI=1S/C19H22F3N3O3S/c1-3-7-24(2)17(28)12-9-13(26)16(27)14-15(12)25(18(29)23-14)11-6-4-5-10(8-11)19(20,21)22/h3-6,8,12-16,26-27H,1,7,9H2,2H3,(H,23,29)/t12-,13-,14-,15-,16+/m1/s1. The van der Waals surface area contributed by atoms with Crippen molar-refractivity contribution in [2.75, 3.05) is 18.5 Å². The molecule has 10 heteroatoms. The summed E-state index contributed by atoms with van der Waals surface area (Å²) >= 11 is 5.32. The highest BCUT2D eigenvalue weighted by Gasteiger charge is 2.54. The van der Waals surface area contributed by atoms with Crippen LogP contribution in [0.3, 0.4) is 0 Å². The lowest BCUT2D eigenvalue weighted by molar-refractivity contribution is -0.140.